The normalized spacial score (nSPS) is 20.0. The van der Waals surface area contributed by atoms with E-state index in [0.717, 1.165) is 19.2 Å². The molecule has 6 heteroatoms. The van der Waals surface area contributed by atoms with Crippen molar-refractivity contribution in [3.63, 3.8) is 0 Å². The summed E-state index contributed by atoms with van der Waals surface area (Å²) in [4.78, 5) is 16.4. The van der Waals surface area contributed by atoms with Crippen LogP contribution in [0, 0.1) is 22.9 Å². The zero-order valence-electron chi connectivity index (χ0n) is 14.1. The smallest absolute Gasteiger partial charge is 0.246 e. The Hall–Kier alpha value is -0.718. The first-order valence-electron chi connectivity index (χ1n) is 7.25. The molecule has 0 spiro atoms. The van der Waals surface area contributed by atoms with Crippen LogP contribution in [0.1, 0.15) is 27.2 Å². The molecule has 0 saturated carbocycles. The van der Waals surface area contributed by atoms with Gasteiger partial charge in [0.25, 0.3) is 0 Å². The molecule has 1 saturated heterocycles. The summed E-state index contributed by atoms with van der Waals surface area (Å²) in [6.07, 6.45) is 4.71. The van der Waals surface area contributed by atoms with Crippen molar-refractivity contribution in [3.8, 4) is 6.07 Å². The maximum absolute atomic E-state index is 12.4. The second-order valence-corrected chi connectivity index (χ2v) is 6.13. The van der Waals surface area contributed by atoms with Crippen LogP contribution in [-0.4, -0.2) is 55.5 Å². The van der Waals surface area contributed by atoms with E-state index < -0.39 is 0 Å². The van der Waals surface area contributed by atoms with E-state index in [0.29, 0.717) is 13.0 Å². The number of nitriles is 1. The van der Waals surface area contributed by atoms with Gasteiger partial charge in [0, 0.05) is 40.1 Å². The van der Waals surface area contributed by atoms with Gasteiger partial charge in [0.15, 0.2) is 0 Å². The van der Waals surface area contributed by atoms with Crippen LogP contribution >= 0.6 is 0 Å². The summed E-state index contributed by atoms with van der Waals surface area (Å²) in [5, 5.41) is 8.92. The van der Waals surface area contributed by atoms with Crippen LogP contribution in [0.25, 0.3) is 0 Å². The predicted molar refractivity (Wildman–Crippen MR) is 82.1 cm³/mol. The van der Waals surface area contributed by atoms with Gasteiger partial charge in [0.05, 0.1) is 18.5 Å². The molecule has 0 N–H and O–H groups in total. The molecule has 1 fully saturated rings. The average molecular weight is 479 g/mol. The molecule has 1 aliphatic rings. The van der Waals surface area contributed by atoms with Crippen molar-refractivity contribution in [1.29, 1.82) is 5.26 Å². The molecule has 1 aliphatic heterocycles. The number of nitrogens with zero attached hydrogens (tertiary/aromatic N) is 3. The van der Waals surface area contributed by atoms with Gasteiger partial charge in [-0.05, 0) is 20.2 Å². The van der Waals surface area contributed by atoms with Gasteiger partial charge in [-0.25, -0.2) is 0 Å². The van der Waals surface area contributed by atoms with E-state index in [1.165, 1.54) is 0 Å². The zero-order valence-corrected chi connectivity index (χ0v) is 16.8. The van der Waals surface area contributed by atoms with Gasteiger partial charge in [-0.2, -0.15) is 18.3 Å². The molecular formula is C16H26N3O2Re-. The summed E-state index contributed by atoms with van der Waals surface area (Å²) in [5.74, 6) is -0.0275. The minimum absolute atomic E-state index is 0. The summed E-state index contributed by atoms with van der Waals surface area (Å²) < 4.78 is 5.26. The maximum atomic E-state index is 12.4. The van der Waals surface area contributed by atoms with Gasteiger partial charge in [-0.3, -0.25) is 4.79 Å². The molecule has 0 bridgehead atoms. The fourth-order valence-electron chi connectivity index (χ4n) is 2.34. The molecule has 1 radical (unpaired) electrons. The van der Waals surface area contributed by atoms with Gasteiger partial charge in [0.2, 0.25) is 5.91 Å². The maximum Gasteiger partial charge on any atom is 0.246 e. The largest absolute Gasteiger partial charge is 0.551 e. The summed E-state index contributed by atoms with van der Waals surface area (Å²) in [7, 11) is 3.65. The number of ether oxygens (including phenoxy) is 1. The molecule has 1 atom stereocenters. The Morgan fingerprint density at radius 2 is 2.14 bits per heavy atom. The Morgan fingerprint density at radius 3 is 2.68 bits per heavy atom. The van der Waals surface area contributed by atoms with Crippen molar-refractivity contribution in [2.75, 3.05) is 33.8 Å². The number of likely N-dealkylation sites (N-methyl/N-ethyl adjacent to an activating group) is 1. The van der Waals surface area contributed by atoms with E-state index in [2.05, 4.69) is 11.0 Å². The third-order valence-electron chi connectivity index (χ3n) is 4.15. The van der Waals surface area contributed by atoms with Gasteiger partial charge in [0.1, 0.15) is 0 Å². The van der Waals surface area contributed by atoms with E-state index in [9.17, 15) is 4.79 Å². The monoisotopic (exact) mass is 479 g/mol. The second kappa shape index (κ2) is 9.43. The molecule has 0 aliphatic carbocycles. The van der Waals surface area contributed by atoms with Gasteiger partial charge in [-0.15, -0.1) is 11.5 Å². The summed E-state index contributed by atoms with van der Waals surface area (Å²) in [5.41, 5.74) is -0.290. The second-order valence-electron chi connectivity index (χ2n) is 6.13. The molecule has 125 valence electrons. The van der Waals surface area contributed by atoms with Gasteiger partial charge < -0.3 is 14.5 Å². The molecule has 0 aromatic heterocycles. The number of hydrogen-bond donors (Lipinski definition) is 0. The Kier molecular flexibility index (Phi) is 9.12. The van der Waals surface area contributed by atoms with Crippen molar-refractivity contribution in [3.05, 3.63) is 18.3 Å². The molecule has 1 rings (SSSR count). The number of rotatable bonds is 5. The van der Waals surface area contributed by atoms with Gasteiger partial charge in [-0.1, -0.05) is 13.8 Å². The van der Waals surface area contributed by atoms with E-state index in [1.807, 2.05) is 33.9 Å². The standard InChI is InChI=1S/C16H26N3O2.Re/c1-13(21-5)16(2,3)8-6-15(20)19-11-10-18(4)12-14(19)7-9-17;/h6,8,14H,7,10-12H2,1-5H3;/q-1;/b8-6+;. The molecular weight excluding hydrogens is 452 g/mol. The Morgan fingerprint density at radius 1 is 1.50 bits per heavy atom. The van der Waals surface area contributed by atoms with Crippen LogP contribution in [0.4, 0.5) is 0 Å². The Bertz CT molecular complexity index is 432. The number of amides is 1. The first-order valence-corrected chi connectivity index (χ1v) is 7.25. The number of piperazine rings is 1. The van der Waals surface area contributed by atoms with E-state index in [-0.39, 0.29) is 37.8 Å². The van der Waals surface area contributed by atoms with Crippen LogP contribution in [0.3, 0.4) is 0 Å². The van der Waals surface area contributed by atoms with Crippen molar-refractivity contribution in [1.82, 2.24) is 9.80 Å². The molecule has 1 amide bonds. The SMILES string of the molecule is CO[C-](C)C(C)(C)/C=C/C(=O)N1CCN(C)CC1CC#N.[Re]. The predicted octanol–water partition coefficient (Wildman–Crippen LogP) is 1.82. The van der Waals surface area contributed by atoms with Crippen molar-refractivity contribution < 1.29 is 30.0 Å². The first kappa shape index (κ1) is 21.3. The Labute approximate surface area is 147 Å². The van der Waals surface area contributed by atoms with Crippen molar-refractivity contribution in [2.45, 2.75) is 33.2 Å². The summed E-state index contributed by atoms with van der Waals surface area (Å²) in [6, 6.07) is 2.15. The first-order chi connectivity index (χ1) is 9.81. The van der Waals surface area contributed by atoms with Crippen molar-refractivity contribution >= 4 is 5.91 Å². The molecule has 5 nitrogen and oxygen atoms in total. The molecule has 1 heterocycles. The third kappa shape index (κ3) is 5.82. The number of carbonyl (C=O) groups is 1. The number of carbonyl (C=O) groups excluding carboxylic acids is 1. The average Bonchev–Trinajstić information content (AvgIpc) is 2.44. The molecule has 0 aromatic carbocycles. The molecule has 22 heavy (non-hydrogen) atoms. The van der Waals surface area contributed by atoms with Crippen LogP contribution in [0.2, 0.25) is 0 Å². The summed E-state index contributed by atoms with van der Waals surface area (Å²) in [6.45, 7) is 8.18. The minimum Gasteiger partial charge on any atom is -0.551 e. The zero-order chi connectivity index (χ0) is 16.0. The Balaban J connectivity index is 0.00000441. The molecule has 1 unspecified atom stereocenters. The van der Waals surface area contributed by atoms with Gasteiger partial charge >= 0.3 is 0 Å². The number of hydrogen-bond acceptors (Lipinski definition) is 4. The summed E-state index contributed by atoms with van der Waals surface area (Å²) >= 11 is 0. The quantitative estimate of drug-likeness (QED) is 0.447. The minimum atomic E-state index is -0.290. The van der Waals surface area contributed by atoms with Crippen LogP contribution in [0.5, 0.6) is 0 Å². The van der Waals surface area contributed by atoms with E-state index in [1.54, 1.807) is 18.1 Å². The van der Waals surface area contributed by atoms with Crippen LogP contribution in [-0.2, 0) is 30.0 Å². The van der Waals surface area contributed by atoms with Crippen molar-refractivity contribution in [2.24, 2.45) is 5.41 Å². The molecule has 0 aromatic rings. The van der Waals surface area contributed by atoms with E-state index in [4.69, 9.17) is 10.00 Å². The van der Waals surface area contributed by atoms with Crippen LogP contribution in [0.15, 0.2) is 12.2 Å². The van der Waals surface area contributed by atoms with E-state index >= 15 is 0 Å². The third-order valence-corrected chi connectivity index (χ3v) is 4.15. The fraction of sp³-hybridized carbons (Fsp3) is 0.688. The topological polar surface area (TPSA) is 56.6 Å². The fourth-order valence-corrected chi connectivity index (χ4v) is 2.34. The van der Waals surface area contributed by atoms with Crippen LogP contribution < -0.4 is 0 Å². The number of methoxy groups -OCH3 is 1.